The van der Waals surface area contributed by atoms with Crippen LogP contribution < -0.4 is 0 Å². The number of rotatable bonds is 2. The van der Waals surface area contributed by atoms with Gasteiger partial charge in [-0.25, -0.2) is 19.5 Å². The Morgan fingerprint density at radius 2 is 1.84 bits per heavy atom. The predicted octanol–water partition coefficient (Wildman–Crippen LogP) is 3.20. The summed E-state index contributed by atoms with van der Waals surface area (Å²) in [6, 6.07) is 3.80. The van der Waals surface area contributed by atoms with E-state index in [0.717, 1.165) is 38.6 Å². The van der Waals surface area contributed by atoms with Crippen molar-refractivity contribution >= 4 is 28.0 Å². The fourth-order valence-corrected chi connectivity index (χ4v) is 3.74. The van der Waals surface area contributed by atoms with Crippen molar-refractivity contribution in [2.45, 2.75) is 13.8 Å². The van der Waals surface area contributed by atoms with Gasteiger partial charge in [-0.1, -0.05) is 0 Å². The third-order valence-electron chi connectivity index (χ3n) is 4.38. The van der Waals surface area contributed by atoms with Gasteiger partial charge < -0.3 is 0 Å². The SMILES string of the molecule is Cc1c(C)n(-c2nccs2)c2ncn3nc(-c4ccncc4)nc3c12. The van der Waals surface area contributed by atoms with Gasteiger partial charge in [-0.05, 0) is 31.5 Å². The van der Waals surface area contributed by atoms with Crippen LogP contribution in [-0.4, -0.2) is 34.1 Å². The van der Waals surface area contributed by atoms with Crippen LogP contribution in [0.2, 0.25) is 0 Å². The van der Waals surface area contributed by atoms with Crippen LogP contribution in [0.4, 0.5) is 0 Å². The Morgan fingerprint density at radius 3 is 2.60 bits per heavy atom. The van der Waals surface area contributed by atoms with Crippen LogP contribution in [0.3, 0.4) is 0 Å². The van der Waals surface area contributed by atoms with Gasteiger partial charge in [-0.3, -0.25) is 9.55 Å². The average Bonchev–Trinajstić information content (AvgIpc) is 3.35. The Bertz CT molecular complexity index is 1200. The lowest BCUT2D eigenvalue weighted by Gasteiger charge is -2.02. The van der Waals surface area contributed by atoms with E-state index >= 15 is 0 Å². The summed E-state index contributed by atoms with van der Waals surface area (Å²) in [6.45, 7) is 4.17. The molecule has 0 aliphatic rings. The average molecular weight is 347 g/mol. The standard InChI is InChI=1S/C17H13N7S/c1-10-11(2)24(17-19-7-8-25-17)15-13(10)16-21-14(22-23(16)9-20-15)12-3-5-18-6-4-12/h3-9H,1-2H3. The predicted molar refractivity (Wildman–Crippen MR) is 96.0 cm³/mol. The molecule has 0 saturated heterocycles. The van der Waals surface area contributed by atoms with Crippen molar-refractivity contribution in [2.75, 3.05) is 0 Å². The van der Waals surface area contributed by atoms with E-state index in [-0.39, 0.29) is 0 Å². The number of hydrogen-bond donors (Lipinski definition) is 0. The van der Waals surface area contributed by atoms with Crippen molar-refractivity contribution in [1.29, 1.82) is 0 Å². The number of aryl methyl sites for hydroxylation is 1. The Kier molecular flexibility index (Phi) is 2.95. The van der Waals surface area contributed by atoms with Crippen LogP contribution >= 0.6 is 11.3 Å². The lowest BCUT2D eigenvalue weighted by molar-refractivity contribution is 0.925. The number of nitrogens with zero attached hydrogens (tertiary/aromatic N) is 7. The summed E-state index contributed by atoms with van der Waals surface area (Å²) >= 11 is 1.59. The minimum Gasteiger partial charge on any atom is -0.273 e. The highest BCUT2D eigenvalue weighted by Gasteiger charge is 2.20. The van der Waals surface area contributed by atoms with Gasteiger partial charge in [0.25, 0.3) is 0 Å². The second kappa shape index (κ2) is 5.18. The molecule has 0 unspecified atom stereocenters. The first-order chi connectivity index (χ1) is 12.2. The maximum absolute atomic E-state index is 4.76. The Labute approximate surface area is 146 Å². The second-order valence-electron chi connectivity index (χ2n) is 5.74. The molecule has 0 aliphatic heterocycles. The normalized spacial score (nSPS) is 11.6. The van der Waals surface area contributed by atoms with E-state index < -0.39 is 0 Å². The smallest absolute Gasteiger partial charge is 0.195 e. The van der Waals surface area contributed by atoms with Crippen LogP contribution in [-0.2, 0) is 0 Å². The van der Waals surface area contributed by atoms with Gasteiger partial charge in [0.05, 0.1) is 5.39 Å². The van der Waals surface area contributed by atoms with Gasteiger partial charge in [0.2, 0.25) is 0 Å². The van der Waals surface area contributed by atoms with E-state index in [0.29, 0.717) is 5.82 Å². The molecule has 0 bridgehead atoms. The zero-order valence-corrected chi connectivity index (χ0v) is 14.4. The highest BCUT2D eigenvalue weighted by molar-refractivity contribution is 7.12. The molecule has 5 aromatic rings. The number of aromatic nitrogens is 7. The summed E-state index contributed by atoms with van der Waals surface area (Å²) in [7, 11) is 0. The van der Waals surface area contributed by atoms with Gasteiger partial charge in [0.1, 0.15) is 6.33 Å². The molecule has 7 nitrogen and oxygen atoms in total. The molecule has 0 saturated carbocycles. The fraction of sp³-hybridized carbons (Fsp3) is 0.118. The lowest BCUT2D eigenvalue weighted by Crippen LogP contribution is -1.98. The third kappa shape index (κ3) is 2.01. The van der Waals surface area contributed by atoms with Crippen molar-refractivity contribution in [2.24, 2.45) is 0 Å². The van der Waals surface area contributed by atoms with Crippen LogP contribution in [0.1, 0.15) is 11.3 Å². The zero-order valence-electron chi connectivity index (χ0n) is 13.6. The molecule has 0 spiro atoms. The van der Waals surface area contributed by atoms with Crippen LogP contribution in [0.15, 0.2) is 42.4 Å². The molecule has 0 fully saturated rings. The second-order valence-corrected chi connectivity index (χ2v) is 6.62. The first kappa shape index (κ1) is 14.2. The van der Waals surface area contributed by atoms with Crippen molar-refractivity contribution in [1.82, 2.24) is 34.1 Å². The van der Waals surface area contributed by atoms with Crippen LogP contribution in [0.25, 0.3) is 33.2 Å². The molecule has 5 heterocycles. The minimum atomic E-state index is 0.663. The number of thiazole rings is 1. The number of pyridine rings is 1. The summed E-state index contributed by atoms with van der Waals surface area (Å²) in [4.78, 5) is 17.9. The van der Waals surface area contributed by atoms with Crippen molar-refractivity contribution in [3.8, 4) is 16.5 Å². The topological polar surface area (TPSA) is 73.8 Å². The van der Waals surface area contributed by atoms with Crippen molar-refractivity contribution in [3.05, 3.63) is 53.7 Å². The lowest BCUT2D eigenvalue weighted by atomic mass is 10.2. The zero-order chi connectivity index (χ0) is 17.0. The van der Waals surface area contributed by atoms with Gasteiger partial charge in [-0.2, -0.15) is 0 Å². The molecule has 0 amide bonds. The first-order valence-electron chi connectivity index (χ1n) is 7.77. The van der Waals surface area contributed by atoms with E-state index in [1.54, 1.807) is 40.8 Å². The summed E-state index contributed by atoms with van der Waals surface area (Å²) in [6.07, 6.45) is 6.99. The quantitative estimate of drug-likeness (QED) is 0.490. The third-order valence-corrected chi connectivity index (χ3v) is 5.14. The Morgan fingerprint density at radius 1 is 1.00 bits per heavy atom. The van der Waals surface area contributed by atoms with E-state index in [1.807, 2.05) is 17.5 Å². The molecule has 0 aromatic carbocycles. The monoisotopic (exact) mass is 347 g/mol. The molecular weight excluding hydrogens is 334 g/mol. The summed E-state index contributed by atoms with van der Waals surface area (Å²) in [5.74, 6) is 0.663. The highest BCUT2D eigenvalue weighted by atomic mass is 32.1. The molecule has 122 valence electrons. The largest absolute Gasteiger partial charge is 0.273 e. The number of fused-ring (bicyclic) bond motifs is 3. The molecule has 0 N–H and O–H groups in total. The molecule has 0 radical (unpaired) electrons. The van der Waals surface area contributed by atoms with Gasteiger partial charge in [0, 0.05) is 35.2 Å². The number of hydrogen-bond acceptors (Lipinski definition) is 6. The molecule has 8 heteroatoms. The Balaban J connectivity index is 1.84. The van der Waals surface area contributed by atoms with E-state index in [9.17, 15) is 0 Å². The van der Waals surface area contributed by atoms with Crippen molar-refractivity contribution in [3.63, 3.8) is 0 Å². The highest BCUT2D eigenvalue weighted by Crippen LogP contribution is 2.31. The first-order valence-corrected chi connectivity index (χ1v) is 8.65. The summed E-state index contributed by atoms with van der Waals surface area (Å²) in [5.41, 5.74) is 4.83. The van der Waals surface area contributed by atoms with Crippen molar-refractivity contribution < 1.29 is 0 Å². The summed E-state index contributed by atoms with van der Waals surface area (Å²) < 4.78 is 3.81. The summed E-state index contributed by atoms with van der Waals surface area (Å²) in [5, 5.41) is 8.44. The maximum Gasteiger partial charge on any atom is 0.195 e. The van der Waals surface area contributed by atoms with Crippen LogP contribution in [0.5, 0.6) is 0 Å². The molecule has 5 rings (SSSR count). The molecule has 0 aliphatic carbocycles. The van der Waals surface area contributed by atoms with Crippen LogP contribution in [0, 0.1) is 13.8 Å². The minimum absolute atomic E-state index is 0.663. The van der Waals surface area contributed by atoms with Gasteiger partial charge >= 0.3 is 0 Å². The molecule has 5 aromatic heterocycles. The maximum atomic E-state index is 4.76. The fourth-order valence-electron chi connectivity index (χ4n) is 3.04. The molecular formula is C17H13N7S. The molecule has 25 heavy (non-hydrogen) atoms. The molecule has 0 atom stereocenters. The Hall–Kier alpha value is -3.13. The van der Waals surface area contributed by atoms with Gasteiger partial charge in [-0.15, -0.1) is 16.4 Å². The van der Waals surface area contributed by atoms with E-state index in [2.05, 4.69) is 38.5 Å². The van der Waals surface area contributed by atoms with E-state index in [1.165, 1.54) is 0 Å². The van der Waals surface area contributed by atoms with E-state index in [4.69, 9.17) is 4.98 Å². The van der Waals surface area contributed by atoms with Gasteiger partial charge in [0.15, 0.2) is 22.3 Å².